The molecule has 0 bridgehead atoms. The summed E-state index contributed by atoms with van der Waals surface area (Å²) in [5.41, 5.74) is 0.507. The molecule has 0 saturated carbocycles. The van der Waals surface area contributed by atoms with E-state index in [-0.39, 0.29) is 23.8 Å². The smallest absolute Gasteiger partial charge is 0.251 e. The van der Waals surface area contributed by atoms with Crippen LogP contribution in [0.15, 0.2) is 22.7 Å². The van der Waals surface area contributed by atoms with Gasteiger partial charge in [0, 0.05) is 21.3 Å². The molecule has 0 aliphatic carbocycles. The van der Waals surface area contributed by atoms with E-state index in [4.69, 9.17) is 16.7 Å². The Morgan fingerprint density at radius 1 is 1.61 bits per heavy atom. The number of carbonyl (C=O) groups excluding carboxylic acids is 1. The maximum atomic E-state index is 12.0. The summed E-state index contributed by atoms with van der Waals surface area (Å²) in [6, 6.07) is 4.94. The van der Waals surface area contributed by atoms with E-state index in [0.717, 1.165) is 4.47 Å². The molecule has 1 aromatic carbocycles. The molecule has 18 heavy (non-hydrogen) atoms. The van der Waals surface area contributed by atoms with Gasteiger partial charge in [0.2, 0.25) is 0 Å². The molecular formula is C12H15BrClNO2S. The van der Waals surface area contributed by atoms with Crippen LogP contribution in [-0.2, 0) is 0 Å². The molecule has 0 aliphatic rings. The number of amides is 1. The SMILES string of the molecule is CSC(CO)C(C)NC(=O)c1ccc(Br)c(Cl)c1. The lowest BCUT2D eigenvalue weighted by Crippen LogP contribution is -2.41. The predicted octanol–water partition coefficient (Wildman–Crippen LogP) is 2.94. The lowest BCUT2D eigenvalue weighted by Gasteiger charge is -2.21. The fourth-order valence-corrected chi connectivity index (χ4v) is 2.51. The van der Waals surface area contributed by atoms with Crippen molar-refractivity contribution < 1.29 is 9.90 Å². The maximum absolute atomic E-state index is 12.0. The number of carbonyl (C=O) groups is 1. The van der Waals surface area contributed by atoms with Crippen LogP contribution in [0.3, 0.4) is 0 Å². The highest BCUT2D eigenvalue weighted by atomic mass is 79.9. The number of hydrogen-bond acceptors (Lipinski definition) is 3. The minimum absolute atomic E-state index is 0.0140. The standard InChI is InChI=1S/C12H15BrClNO2S/c1-7(11(6-16)18-2)15-12(17)8-3-4-9(13)10(14)5-8/h3-5,7,11,16H,6H2,1-2H3,(H,15,17). The zero-order valence-electron chi connectivity index (χ0n) is 10.1. The predicted molar refractivity (Wildman–Crippen MR) is 80.5 cm³/mol. The molecular weight excluding hydrogens is 338 g/mol. The van der Waals surface area contributed by atoms with Crippen molar-refractivity contribution in [1.82, 2.24) is 5.32 Å². The Morgan fingerprint density at radius 2 is 2.28 bits per heavy atom. The molecule has 100 valence electrons. The van der Waals surface area contributed by atoms with E-state index in [1.807, 2.05) is 13.2 Å². The Morgan fingerprint density at radius 3 is 2.78 bits per heavy atom. The van der Waals surface area contributed by atoms with Crippen molar-refractivity contribution in [2.45, 2.75) is 18.2 Å². The van der Waals surface area contributed by atoms with Crippen LogP contribution < -0.4 is 5.32 Å². The monoisotopic (exact) mass is 351 g/mol. The van der Waals surface area contributed by atoms with Crippen molar-refractivity contribution in [3.63, 3.8) is 0 Å². The van der Waals surface area contributed by atoms with Crippen molar-refractivity contribution in [2.75, 3.05) is 12.9 Å². The number of benzene rings is 1. The third-order valence-corrected chi connectivity index (χ3v) is 4.98. The van der Waals surface area contributed by atoms with Crippen LogP contribution in [0, 0.1) is 0 Å². The van der Waals surface area contributed by atoms with Gasteiger partial charge in [-0.15, -0.1) is 0 Å². The fraction of sp³-hybridized carbons (Fsp3) is 0.417. The summed E-state index contributed by atoms with van der Waals surface area (Å²) in [4.78, 5) is 12.0. The number of rotatable bonds is 5. The number of thioether (sulfide) groups is 1. The Bertz CT molecular complexity index is 427. The Hall–Kier alpha value is -0.230. The van der Waals surface area contributed by atoms with E-state index in [2.05, 4.69) is 21.2 Å². The summed E-state index contributed by atoms with van der Waals surface area (Å²) in [6.45, 7) is 1.90. The van der Waals surface area contributed by atoms with Gasteiger partial charge in [-0.3, -0.25) is 4.79 Å². The maximum Gasteiger partial charge on any atom is 0.251 e. The minimum atomic E-state index is -0.190. The third kappa shape index (κ3) is 4.16. The molecule has 0 heterocycles. The van der Waals surface area contributed by atoms with E-state index in [9.17, 15) is 4.79 Å². The number of halogens is 2. The third-order valence-electron chi connectivity index (χ3n) is 2.58. The molecule has 2 atom stereocenters. The Labute approximate surface area is 124 Å². The summed E-state index contributed by atoms with van der Waals surface area (Å²) in [6.07, 6.45) is 1.90. The molecule has 2 unspecified atom stereocenters. The van der Waals surface area contributed by atoms with Crippen molar-refractivity contribution in [2.24, 2.45) is 0 Å². The molecule has 2 N–H and O–H groups in total. The molecule has 1 aromatic rings. The number of nitrogens with one attached hydrogen (secondary N) is 1. The van der Waals surface area contributed by atoms with Crippen LogP contribution in [0.25, 0.3) is 0 Å². The molecule has 0 fully saturated rings. The molecule has 0 aliphatic heterocycles. The molecule has 3 nitrogen and oxygen atoms in total. The van der Waals surface area contributed by atoms with Gasteiger partial charge in [-0.25, -0.2) is 0 Å². The summed E-state index contributed by atoms with van der Waals surface area (Å²) < 4.78 is 0.756. The number of aliphatic hydroxyl groups is 1. The molecule has 6 heteroatoms. The topological polar surface area (TPSA) is 49.3 Å². The van der Waals surface area contributed by atoms with Crippen molar-refractivity contribution in [1.29, 1.82) is 0 Å². The van der Waals surface area contributed by atoms with Gasteiger partial charge < -0.3 is 10.4 Å². The number of hydrogen-bond donors (Lipinski definition) is 2. The summed E-state index contributed by atoms with van der Waals surface area (Å²) >= 11 is 10.7. The zero-order valence-corrected chi connectivity index (χ0v) is 13.3. The van der Waals surface area contributed by atoms with Gasteiger partial charge in [-0.1, -0.05) is 11.6 Å². The summed E-state index contributed by atoms with van der Waals surface area (Å²) in [5.74, 6) is -0.190. The second-order valence-corrected chi connectivity index (χ2v) is 6.19. The largest absolute Gasteiger partial charge is 0.395 e. The molecule has 0 spiro atoms. The zero-order chi connectivity index (χ0) is 13.7. The van der Waals surface area contributed by atoms with Gasteiger partial charge in [0.1, 0.15) is 0 Å². The Kier molecular flexibility index (Phi) is 6.49. The first-order valence-corrected chi connectivity index (χ1v) is 7.85. The first kappa shape index (κ1) is 15.8. The van der Waals surface area contributed by atoms with E-state index < -0.39 is 0 Å². The highest BCUT2D eigenvalue weighted by Crippen LogP contribution is 2.23. The second kappa shape index (κ2) is 7.38. The number of aliphatic hydroxyl groups excluding tert-OH is 1. The average molecular weight is 353 g/mol. The highest BCUT2D eigenvalue weighted by Gasteiger charge is 2.18. The van der Waals surface area contributed by atoms with E-state index in [1.54, 1.807) is 18.2 Å². The van der Waals surface area contributed by atoms with Gasteiger partial charge in [0.25, 0.3) is 5.91 Å². The molecule has 0 saturated heterocycles. The molecule has 1 amide bonds. The van der Waals surface area contributed by atoms with Crippen molar-refractivity contribution in [3.05, 3.63) is 33.3 Å². The van der Waals surface area contributed by atoms with E-state index in [0.29, 0.717) is 10.6 Å². The fourth-order valence-electron chi connectivity index (χ4n) is 1.46. The van der Waals surface area contributed by atoms with Gasteiger partial charge in [0.15, 0.2) is 0 Å². The summed E-state index contributed by atoms with van der Waals surface area (Å²) in [7, 11) is 0. The van der Waals surface area contributed by atoms with Gasteiger partial charge in [-0.05, 0) is 47.3 Å². The first-order chi connectivity index (χ1) is 8.49. The average Bonchev–Trinajstić information content (AvgIpc) is 2.34. The van der Waals surface area contributed by atoms with Crippen LogP contribution in [0.1, 0.15) is 17.3 Å². The van der Waals surface area contributed by atoms with Crippen molar-refractivity contribution >= 4 is 45.2 Å². The van der Waals surface area contributed by atoms with E-state index in [1.165, 1.54) is 11.8 Å². The highest BCUT2D eigenvalue weighted by molar-refractivity contribution is 9.10. The lowest BCUT2D eigenvalue weighted by atomic mass is 10.2. The van der Waals surface area contributed by atoms with Crippen LogP contribution >= 0.6 is 39.3 Å². The molecule has 0 radical (unpaired) electrons. The molecule has 0 aromatic heterocycles. The van der Waals surface area contributed by atoms with Crippen LogP contribution in [0.2, 0.25) is 5.02 Å². The molecule has 1 rings (SSSR count). The van der Waals surface area contributed by atoms with Crippen molar-refractivity contribution in [3.8, 4) is 0 Å². The quantitative estimate of drug-likeness (QED) is 0.856. The first-order valence-electron chi connectivity index (χ1n) is 5.39. The van der Waals surface area contributed by atoms with Gasteiger partial charge in [-0.2, -0.15) is 11.8 Å². The lowest BCUT2D eigenvalue weighted by molar-refractivity contribution is 0.0936. The van der Waals surface area contributed by atoms with Gasteiger partial charge in [0.05, 0.1) is 11.6 Å². The second-order valence-electron chi connectivity index (χ2n) is 3.85. The Balaban J connectivity index is 2.73. The van der Waals surface area contributed by atoms with E-state index >= 15 is 0 Å². The van der Waals surface area contributed by atoms with Crippen LogP contribution in [-0.4, -0.2) is 35.2 Å². The van der Waals surface area contributed by atoms with Crippen LogP contribution in [0.4, 0.5) is 0 Å². The minimum Gasteiger partial charge on any atom is -0.395 e. The summed E-state index contributed by atoms with van der Waals surface area (Å²) in [5, 5.41) is 12.5. The normalized spacial score (nSPS) is 14.1. The van der Waals surface area contributed by atoms with Gasteiger partial charge >= 0.3 is 0 Å². The van der Waals surface area contributed by atoms with Crippen LogP contribution in [0.5, 0.6) is 0 Å².